The van der Waals surface area contributed by atoms with Gasteiger partial charge in [0, 0.05) is 8.95 Å². The largest absolute Gasteiger partial charge is 0.398 e. The van der Waals surface area contributed by atoms with E-state index in [0.717, 1.165) is 8.95 Å². The Bertz CT molecular complexity index is 714. The van der Waals surface area contributed by atoms with Crippen molar-refractivity contribution in [3.05, 3.63) is 57.0 Å². The minimum Gasteiger partial charge on any atom is -0.398 e. The molecule has 100 valence electrons. The zero-order chi connectivity index (χ0) is 14.0. The molecule has 0 heterocycles. The number of anilines is 1. The van der Waals surface area contributed by atoms with Crippen molar-refractivity contribution >= 4 is 47.4 Å². The first kappa shape index (κ1) is 14.6. The molecule has 0 amide bonds. The van der Waals surface area contributed by atoms with E-state index in [1.54, 1.807) is 24.3 Å². The van der Waals surface area contributed by atoms with Crippen molar-refractivity contribution in [1.29, 1.82) is 0 Å². The smallest absolute Gasteiger partial charge is 0.184 e. The lowest BCUT2D eigenvalue weighted by Gasteiger charge is -2.09. The van der Waals surface area contributed by atoms with Crippen LogP contribution in [0.4, 0.5) is 5.69 Å². The molecule has 2 aromatic rings. The van der Waals surface area contributed by atoms with Crippen LogP contribution in [-0.2, 0) is 15.6 Å². The van der Waals surface area contributed by atoms with Gasteiger partial charge in [-0.3, -0.25) is 0 Å². The average molecular weight is 405 g/mol. The molecule has 0 fully saturated rings. The third-order valence-electron chi connectivity index (χ3n) is 2.61. The maximum Gasteiger partial charge on any atom is 0.184 e. The van der Waals surface area contributed by atoms with Gasteiger partial charge in [0.05, 0.1) is 16.3 Å². The number of rotatable bonds is 3. The second kappa shape index (κ2) is 5.64. The van der Waals surface area contributed by atoms with E-state index < -0.39 is 9.84 Å². The topological polar surface area (TPSA) is 60.2 Å². The van der Waals surface area contributed by atoms with E-state index in [9.17, 15) is 8.42 Å². The molecule has 0 spiro atoms. The fraction of sp³-hybridized carbons (Fsp3) is 0.0769. The zero-order valence-electron chi connectivity index (χ0n) is 9.81. The van der Waals surface area contributed by atoms with E-state index >= 15 is 0 Å². The van der Waals surface area contributed by atoms with Crippen LogP contribution in [0, 0.1) is 0 Å². The molecule has 0 saturated carbocycles. The number of hydrogen-bond donors (Lipinski definition) is 1. The van der Waals surface area contributed by atoms with Gasteiger partial charge in [-0.15, -0.1) is 0 Å². The van der Waals surface area contributed by atoms with Crippen molar-refractivity contribution in [3.63, 3.8) is 0 Å². The summed E-state index contributed by atoms with van der Waals surface area (Å²) in [6, 6.07) is 12.0. The van der Waals surface area contributed by atoms with Crippen LogP contribution < -0.4 is 5.73 Å². The Labute approximate surface area is 129 Å². The summed E-state index contributed by atoms with van der Waals surface area (Å²) in [6.45, 7) is 0. The van der Waals surface area contributed by atoms with Crippen molar-refractivity contribution in [1.82, 2.24) is 0 Å². The van der Waals surface area contributed by atoms with Crippen molar-refractivity contribution in [2.45, 2.75) is 10.6 Å². The van der Waals surface area contributed by atoms with Crippen LogP contribution in [-0.4, -0.2) is 8.42 Å². The summed E-state index contributed by atoms with van der Waals surface area (Å²) in [5.41, 5.74) is 6.74. The Balaban J connectivity index is 2.41. The molecule has 0 saturated heterocycles. The summed E-state index contributed by atoms with van der Waals surface area (Å²) >= 11 is 6.61. The number of hydrogen-bond acceptors (Lipinski definition) is 3. The summed E-state index contributed by atoms with van der Waals surface area (Å²) in [7, 11) is -3.46. The summed E-state index contributed by atoms with van der Waals surface area (Å²) in [5, 5.41) is 0. The van der Waals surface area contributed by atoms with Crippen LogP contribution in [0.5, 0.6) is 0 Å². The highest BCUT2D eigenvalue weighted by molar-refractivity contribution is 9.10. The van der Waals surface area contributed by atoms with E-state index in [0.29, 0.717) is 5.56 Å². The van der Waals surface area contributed by atoms with E-state index in [-0.39, 0.29) is 16.3 Å². The minimum absolute atomic E-state index is 0.0831. The van der Waals surface area contributed by atoms with Crippen molar-refractivity contribution in [2.75, 3.05) is 5.73 Å². The first-order chi connectivity index (χ1) is 8.90. The molecule has 0 bridgehead atoms. The molecule has 6 heteroatoms. The minimum atomic E-state index is -3.46. The molecule has 0 unspecified atom stereocenters. The Morgan fingerprint density at radius 3 is 2.37 bits per heavy atom. The number of nitrogen functional groups attached to an aromatic ring is 1. The van der Waals surface area contributed by atoms with E-state index in [2.05, 4.69) is 31.9 Å². The second-order valence-electron chi connectivity index (χ2n) is 4.03. The highest BCUT2D eigenvalue weighted by atomic mass is 79.9. The second-order valence-corrected chi connectivity index (χ2v) is 7.76. The Kier molecular flexibility index (Phi) is 4.32. The molecule has 0 aliphatic carbocycles. The van der Waals surface area contributed by atoms with Crippen LogP contribution in [0.3, 0.4) is 0 Å². The third kappa shape index (κ3) is 3.38. The van der Waals surface area contributed by atoms with Crippen molar-refractivity contribution in [2.24, 2.45) is 0 Å². The highest BCUT2D eigenvalue weighted by Gasteiger charge is 2.19. The van der Waals surface area contributed by atoms with E-state index in [1.807, 2.05) is 12.1 Å². The fourth-order valence-corrected chi connectivity index (χ4v) is 4.20. The molecule has 3 nitrogen and oxygen atoms in total. The van der Waals surface area contributed by atoms with Crippen LogP contribution in [0.2, 0.25) is 0 Å². The van der Waals surface area contributed by atoms with Gasteiger partial charge in [0.1, 0.15) is 0 Å². The van der Waals surface area contributed by atoms with Gasteiger partial charge >= 0.3 is 0 Å². The maximum absolute atomic E-state index is 12.4. The van der Waals surface area contributed by atoms with Gasteiger partial charge in [0.15, 0.2) is 9.84 Å². The molecule has 0 atom stereocenters. The summed E-state index contributed by atoms with van der Waals surface area (Å²) in [5.74, 6) is -0.0831. The molecule has 2 aromatic carbocycles. The molecule has 0 aliphatic heterocycles. The number of nitrogens with two attached hydrogens (primary N) is 1. The summed E-state index contributed by atoms with van der Waals surface area (Å²) < 4.78 is 26.3. The number of sulfone groups is 1. The lowest BCUT2D eigenvalue weighted by Crippen LogP contribution is -2.08. The van der Waals surface area contributed by atoms with Crippen LogP contribution >= 0.6 is 31.9 Å². The van der Waals surface area contributed by atoms with Crippen LogP contribution in [0.1, 0.15) is 5.56 Å². The Morgan fingerprint density at radius 2 is 1.74 bits per heavy atom. The first-order valence-corrected chi connectivity index (χ1v) is 8.65. The highest BCUT2D eigenvalue weighted by Crippen LogP contribution is 2.27. The van der Waals surface area contributed by atoms with E-state index in [1.165, 1.54) is 6.07 Å². The Hall–Kier alpha value is -0.850. The van der Waals surface area contributed by atoms with Crippen molar-refractivity contribution in [3.8, 4) is 0 Å². The lowest BCUT2D eigenvalue weighted by atomic mass is 10.2. The quantitative estimate of drug-likeness (QED) is 0.792. The monoisotopic (exact) mass is 403 g/mol. The summed E-state index contributed by atoms with van der Waals surface area (Å²) in [4.78, 5) is 0.159. The van der Waals surface area contributed by atoms with Gasteiger partial charge in [0.2, 0.25) is 0 Å². The molecule has 19 heavy (non-hydrogen) atoms. The Morgan fingerprint density at radius 1 is 1.05 bits per heavy atom. The number of halogens is 2. The molecular formula is C13H11Br2NO2S. The predicted octanol–water partition coefficient (Wildman–Crippen LogP) is 3.77. The SMILES string of the molecule is Nc1cc(Br)ccc1S(=O)(=O)Cc1ccccc1Br. The molecule has 2 N–H and O–H groups in total. The standard InChI is InChI=1S/C13H11Br2NO2S/c14-10-5-6-13(12(16)7-10)19(17,18)8-9-3-1-2-4-11(9)15/h1-7H,8,16H2. The molecule has 0 aliphatic rings. The predicted molar refractivity (Wildman–Crippen MR) is 83.6 cm³/mol. The molecule has 0 aromatic heterocycles. The molecule has 0 radical (unpaired) electrons. The molecular weight excluding hydrogens is 394 g/mol. The van der Waals surface area contributed by atoms with Gasteiger partial charge < -0.3 is 5.73 Å². The zero-order valence-corrected chi connectivity index (χ0v) is 13.8. The van der Waals surface area contributed by atoms with Crippen LogP contribution in [0.15, 0.2) is 56.3 Å². The fourth-order valence-electron chi connectivity index (χ4n) is 1.70. The normalized spacial score (nSPS) is 11.5. The van der Waals surface area contributed by atoms with Gasteiger partial charge in [0.25, 0.3) is 0 Å². The van der Waals surface area contributed by atoms with Crippen LogP contribution in [0.25, 0.3) is 0 Å². The molecule has 2 rings (SSSR count). The van der Waals surface area contributed by atoms with Gasteiger partial charge in [-0.25, -0.2) is 8.42 Å². The summed E-state index contributed by atoms with van der Waals surface area (Å²) in [6.07, 6.45) is 0. The van der Waals surface area contributed by atoms with Gasteiger partial charge in [-0.05, 0) is 29.8 Å². The van der Waals surface area contributed by atoms with Gasteiger partial charge in [-0.1, -0.05) is 50.1 Å². The third-order valence-corrected chi connectivity index (χ3v) is 5.61. The van der Waals surface area contributed by atoms with E-state index in [4.69, 9.17) is 5.73 Å². The number of benzene rings is 2. The maximum atomic E-state index is 12.4. The van der Waals surface area contributed by atoms with Crippen molar-refractivity contribution < 1.29 is 8.42 Å². The average Bonchev–Trinajstić information content (AvgIpc) is 2.31. The van der Waals surface area contributed by atoms with Gasteiger partial charge in [-0.2, -0.15) is 0 Å². The lowest BCUT2D eigenvalue weighted by molar-refractivity contribution is 0.595. The first-order valence-electron chi connectivity index (χ1n) is 5.41.